The Morgan fingerprint density at radius 3 is 2.80 bits per heavy atom. The molecule has 0 saturated heterocycles. The molecule has 0 aliphatic heterocycles. The zero-order valence-electron chi connectivity index (χ0n) is 10.0. The van der Waals surface area contributed by atoms with Gasteiger partial charge in [-0.15, -0.1) is 11.3 Å². The zero-order chi connectivity index (χ0) is 14.1. The van der Waals surface area contributed by atoms with Gasteiger partial charge in [0.25, 0.3) is 0 Å². The summed E-state index contributed by atoms with van der Waals surface area (Å²) in [6, 6.07) is 7.30. The second-order valence-corrected chi connectivity index (χ2v) is 5.82. The van der Waals surface area contributed by atoms with E-state index in [-0.39, 0.29) is 5.56 Å². The maximum Gasteiger partial charge on any atom is 0.339 e. The van der Waals surface area contributed by atoms with E-state index < -0.39 is 5.97 Å². The number of rotatable bonds is 3. The molecule has 0 atom stereocenters. The third-order valence-electron chi connectivity index (χ3n) is 2.65. The van der Waals surface area contributed by atoms with Crippen molar-refractivity contribution in [1.29, 1.82) is 0 Å². The maximum absolute atomic E-state index is 11.3. The highest BCUT2D eigenvalue weighted by Gasteiger charge is 2.18. The molecule has 20 heavy (non-hydrogen) atoms. The highest BCUT2D eigenvalue weighted by molar-refractivity contribution is 9.10. The lowest BCUT2D eigenvalue weighted by Crippen LogP contribution is -1.97. The van der Waals surface area contributed by atoms with Gasteiger partial charge in [0.15, 0.2) is 5.82 Å². The van der Waals surface area contributed by atoms with Crippen LogP contribution in [0.5, 0.6) is 0 Å². The van der Waals surface area contributed by atoms with Crippen molar-refractivity contribution in [2.75, 3.05) is 0 Å². The highest BCUT2D eigenvalue weighted by atomic mass is 79.9. The minimum absolute atomic E-state index is 0.164. The van der Waals surface area contributed by atoms with E-state index in [2.05, 4.69) is 26.0 Å². The van der Waals surface area contributed by atoms with Crippen LogP contribution >= 0.6 is 27.3 Å². The van der Waals surface area contributed by atoms with Crippen molar-refractivity contribution in [3.63, 3.8) is 0 Å². The Hall–Kier alpha value is -1.99. The van der Waals surface area contributed by atoms with Gasteiger partial charge in [-0.25, -0.2) is 14.5 Å². The largest absolute Gasteiger partial charge is 0.478 e. The number of carboxylic acids is 1. The highest BCUT2D eigenvalue weighted by Crippen LogP contribution is 2.27. The lowest BCUT2D eigenvalue weighted by molar-refractivity contribution is 0.0697. The summed E-state index contributed by atoms with van der Waals surface area (Å²) in [5, 5.41) is 15.5. The summed E-state index contributed by atoms with van der Waals surface area (Å²) in [4.78, 5) is 16.4. The average molecular weight is 350 g/mol. The predicted octanol–water partition coefficient (Wildman–Crippen LogP) is 3.46. The van der Waals surface area contributed by atoms with Crippen LogP contribution in [0.3, 0.4) is 0 Å². The van der Waals surface area contributed by atoms with Crippen LogP contribution in [0.1, 0.15) is 10.4 Å². The lowest BCUT2D eigenvalue weighted by atomic mass is 10.2. The molecule has 3 rings (SSSR count). The Balaban J connectivity index is 2.12. The van der Waals surface area contributed by atoms with Gasteiger partial charge in [-0.3, -0.25) is 0 Å². The molecule has 3 aromatic heterocycles. The van der Waals surface area contributed by atoms with Crippen molar-refractivity contribution in [2.45, 2.75) is 0 Å². The van der Waals surface area contributed by atoms with Gasteiger partial charge < -0.3 is 5.11 Å². The molecular weight excluding hydrogens is 342 g/mol. The van der Waals surface area contributed by atoms with Gasteiger partial charge in [0.2, 0.25) is 0 Å². The first-order valence-electron chi connectivity index (χ1n) is 5.64. The summed E-state index contributed by atoms with van der Waals surface area (Å²) in [6.45, 7) is 0. The molecule has 1 N–H and O–H groups in total. The van der Waals surface area contributed by atoms with Crippen LogP contribution in [-0.2, 0) is 0 Å². The number of aromatic carboxylic acids is 1. The molecular formula is C13H8BrN3O2S. The van der Waals surface area contributed by atoms with Gasteiger partial charge in [-0.2, -0.15) is 5.10 Å². The number of carboxylic acid groups (broad SMARTS) is 1. The number of nitrogens with zero attached hydrogens (tertiary/aromatic N) is 3. The van der Waals surface area contributed by atoms with Gasteiger partial charge >= 0.3 is 5.97 Å². The number of aromatic nitrogens is 3. The second kappa shape index (κ2) is 5.18. The van der Waals surface area contributed by atoms with Gasteiger partial charge in [0.05, 0.1) is 4.88 Å². The van der Waals surface area contributed by atoms with Crippen molar-refractivity contribution in [3.8, 4) is 16.4 Å². The Morgan fingerprint density at radius 1 is 1.35 bits per heavy atom. The third kappa shape index (κ3) is 2.37. The smallest absolute Gasteiger partial charge is 0.339 e. The molecule has 0 saturated carbocycles. The van der Waals surface area contributed by atoms with Crippen LogP contribution in [0.2, 0.25) is 0 Å². The summed E-state index contributed by atoms with van der Waals surface area (Å²) < 4.78 is 2.33. The van der Waals surface area contributed by atoms with Gasteiger partial charge in [0, 0.05) is 16.9 Å². The van der Waals surface area contributed by atoms with Gasteiger partial charge in [0.1, 0.15) is 11.3 Å². The van der Waals surface area contributed by atoms with Crippen LogP contribution in [-0.4, -0.2) is 25.8 Å². The minimum atomic E-state index is -1.00. The van der Waals surface area contributed by atoms with Crippen molar-refractivity contribution >= 4 is 33.2 Å². The molecule has 0 aliphatic rings. The van der Waals surface area contributed by atoms with Crippen LogP contribution in [0.4, 0.5) is 0 Å². The fourth-order valence-electron chi connectivity index (χ4n) is 1.75. The molecule has 0 aromatic carbocycles. The van der Waals surface area contributed by atoms with Gasteiger partial charge in [-0.05, 0) is 39.5 Å². The molecule has 0 bridgehead atoms. The third-order valence-corrected chi connectivity index (χ3v) is 3.99. The van der Waals surface area contributed by atoms with Crippen molar-refractivity contribution in [2.24, 2.45) is 0 Å². The summed E-state index contributed by atoms with van der Waals surface area (Å²) in [6.07, 6.45) is 3.12. The Morgan fingerprint density at radius 2 is 2.20 bits per heavy atom. The number of hydrogen-bond acceptors (Lipinski definition) is 4. The van der Waals surface area contributed by atoms with E-state index in [9.17, 15) is 9.90 Å². The molecule has 100 valence electrons. The first-order valence-corrected chi connectivity index (χ1v) is 7.31. The zero-order valence-corrected chi connectivity index (χ0v) is 12.4. The molecule has 3 heterocycles. The van der Waals surface area contributed by atoms with Crippen molar-refractivity contribution in [1.82, 2.24) is 14.8 Å². The molecule has 0 radical (unpaired) electrons. The second-order valence-electron chi connectivity index (χ2n) is 3.95. The van der Waals surface area contributed by atoms with Crippen molar-refractivity contribution < 1.29 is 9.90 Å². The quantitative estimate of drug-likeness (QED) is 0.786. The van der Waals surface area contributed by atoms with E-state index in [0.29, 0.717) is 11.5 Å². The Bertz CT molecular complexity index is 751. The van der Waals surface area contributed by atoms with E-state index in [1.807, 2.05) is 23.6 Å². The fraction of sp³-hybridized carbons (Fsp3) is 0. The number of carbonyl (C=O) groups is 1. The van der Waals surface area contributed by atoms with E-state index in [1.54, 1.807) is 12.3 Å². The van der Waals surface area contributed by atoms with E-state index in [1.165, 1.54) is 22.2 Å². The van der Waals surface area contributed by atoms with Crippen LogP contribution in [0.15, 0.2) is 46.5 Å². The SMILES string of the molecule is O=C(O)c1cn(-c2ccc(Br)cn2)nc1-c1cccs1. The Labute approximate surface area is 126 Å². The number of thiophene rings is 1. The topological polar surface area (TPSA) is 68.0 Å². The Kier molecular flexibility index (Phi) is 3.37. The first-order chi connectivity index (χ1) is 9.65. The lowest BCUT2D eigenvalue weighted by Gasteiger charge is -1.99. The van der Waals surface area contributed by atoms with Crippen LogP contribution < -0.4 is 0 Å². The monoisotopic (exact) mass is 349 g/mol. The van der Waals surface area contributed by atoms with Crippen molar-refractivity contribution in [3.05, 3.63) is 52.1 Å². The maximum atomic E-state index is 11.3. The summed E-state index contributed by atoms with van der Waals surface area (Å²) in [7, 11) is 0. The minimum Gasteiger partial charge on any atom is -0.478 e. The molecule has 0 unspecified atom stereocenters. The van der Waals surface area contributed by atoms with Crippen LogP contribution in [0, 0.1) is 0 Å². The average Bonchev–Trinajstić information content (AvgIpc) is 3.08. The number of hydrogen-bond donors (Lipinski definition) is 1. The standard InChI is InChI=1S/C13H8BrN3O2S/c14-8-3-4-11(15-6-8)17-7-9(13(18)19)12(16-17)10-2-1-5-20-10/h1-7H,(H,18,19). The first kappa shape index (κ1) is 13.0. The number of pyridine rings is 1. The molecule has 0 fully saturated rings. The number of halogens is 1. The molecule has 7 heteroatoms. The normalized spacial score (nSPS) is 10.7. The van der Waals surface area contributed by atoms with Gasteiger partial charge in [-0.1, -0.05) is 6.07 Å². The van der Waals surface area contributed by atoms with E-state index in [4.69, 9.17) is 0 Å². The summed E-state index contributed by atoms with van der Waals surface area (Å²) >= 11 is 4.76. The van der Waals surface area contributed by atoms with Crippen LogP contribution in [0.25, 0.3) is 16.4 Å². The summed E-state index contributed by atoms with van der Waals surface area (Å²) in [5.74, 6) is -0.435. The van der Waals surface area contributed by atoms with E-state index >= 15 is 0 Å². The molecule has 0 amide bonds. The molecule has 0 aliphatic carbocycles. The summed E-state index contributed by atoms with van der Waals surface area (Å²) in [5.41, 5.74) is 0.620. The molecule has 3 aromatic rings. The molecule has 5 nitrogen and oxygen atoms in total. The van der Waals surface area contributed by atoms with E-state index in [0.717, 1.165) is 9.35 Å². The molecule has 0 spiro atoms. The fourth-order valence-corrected chi connectivity index (χ4v) is 2.70. The predicted molar refractivity (Wildman–Crippen MR) is 79.3 cm³/mol.